The smallest absolute Gasteiger partial charge is 0.416 e. The second kappa shape index (κ2) is 5.03. The van der Waals surface area contributed by atoms with Crippen LogP contribution in [-0.2, 0) is 6.18 Å². The summed E-state index contributed by atoms with van der Waals surface area (Å²) in [4.78, 5) is 3.97. The number of pyridine rings is 1. The number of aromatic nitrogens is 1. The lowest BCUT2D eigenvalue weighted by molar-refractivity contribution is -0.137. The van der Waals surface area contributed by atoms with Crippen molar-refractivity contribution in [2.24, 2.45) is 0 Å². The molecule has 20 heavy (non-hydrogen) atoms. The number of methoxy groups -OCH3 is 1. The number of hydrogen-bond donors (Lipinski definition) is 1. The van der Waals surface area contributed by atoms with Gasteiger partial charge >= 0.3 is 6.18 Å². The third kappa shape index (κ3) is 2.84. The highest BCUT2D eigenvalue weighted by atomic mass is 19.4. The van der Waals surface area contributed by atoms with E-state index in [-0.39, 0.29) is 11.5 Å². The third-order valence-electron chi connectivity index (χ3n) is 2.80. The number of nitrogens with zero attached hydrogens (tertiary/aromatic N) is 1. The van der Waals surface area contributed by atoms with E-state index >= 15 is 0 Å². The molecule has 0 aliphatic carbocycles. The van der Waals surface area contributed by atoms with Gasteiger partial charge in [-0.3, -0.25) is 0 Å². The van der Waals surface area contributed by atoms with E-state index < -0.39 is 11.7 Å². The van der Waals surface area contributed by atoms with E-state index in [0.717, 1.165) is 17.7 Å². The molecule has 2 aromatic rings. The fourth-order valence-electron chi connectivity index (χ4n) is 1.88. The van der Waals surface area contributed by atoms with Gasteiger partial charge in [0.1, 0.15) is 11.6 Å². The lowest BCUT2D eigenvalue weighted by Gasteiger charge is -2.12. The van der Waals surface area contributed by atoms with E-state index in [2.05, 4.69) is 4.98 Å². The molecule has 0 saturated heterocycles. The first-order valence-electron chi connectivity index (χ1n) is 5.81. The highest BCUT2D eigenvalue weighted by molar-refractivity contribution is 5.70. The Kier molecular flexibility index (Phi) is 3.57. The van der Waals surface area contributed by atoms with Crippen LogP contribution in [0.3, 0.4) is 0 Å². The minimum Gasteiger partial charge on any atom is -0.496 e. The van der Waals surface area contributed by atoms with E-state index in [1.54, 1.807) is 18.2 Å². The number of ether oxygens (including phenoxy) is 1. The summed E-state index contributed by atoms with van der Waals surface area (Å²) in [5.41, 5.74) is 6.14. The van der Waals surface area contributed by atoms with Gasteiger partial charge in [0, 0.05) is 5.56 Å². The zero-order chi connectivity index (χ0) is 14.9. The van der Waals surface area contributed by atoms with Crippen LogP contribution < -0.4 is 10.5 Å². The molecule has 6 heteroatoms. The Morgan fingerprint density at radius 1 is 1.15 bits per heavy atom. The van der Waals surface area contributed by atoms with Gasteiger partial charge in [-0.25, -0.2) is 4.98 Å². The normalized spacial score (nSPS) is 11.4. The van der Waals surface area contributed by atoms with Gasteiger partial charge in [0.15, 0.2) is 0 Å². The molecule has 0 radical (unpaired) electrons. The molecule has 0 bridgehead atoms. The van der Waals surface area contributed by atoms with E-state index in [0.29, 0.717) is 11.3 Å². The summed E-state index contributed by atoms with van der Waals surface area (Å²) in [6, 6.07) is 6.97. The van der Waals surface area contributed by atoms with Crippen molar-refractivity contribution < 1.29 is 17.9 Å². The number of rotatable bonds is 2. The molecule has 0 amide bonds. The molecule has 0 aliphatic rings. The Bertz CT molecular complexity index is 639. The molecule has 1 heterocycles. The van der Waals surface area contributed by atoms with Crippen molar-refractivity contribution in [1.29, 1.82) is 0 Å². The molecular weight excluding hydrogens is 269 g/mol. The first-order valence-corrected chi connectivity index (χ1v) is 5.81. The predicted molar refractivity (Wildman–Crippen MR) is 70.4 cm³/mol. The highest BCUT2D eigenvalue weighted by Crippen LogP contribution is 2.35. The van der Waals surface area contributed by atoms with Gasteiger partial charge in [-0.05, 0) is 31.2 Å². The van der Waals surface area contributed by atoms with E-state index in [1.165, 1.54) is 7.11 Å². The molecule has 1 aromatic carbocycles. The van der Waals surface area contributed by atoms with Crippen molar-refractivity contribution in [2.75, 3.05) is 12.8 Å². The number of hydrogen-bond acceptors (Lipinski definition) is 3. The van der Waals surface area contributed by atoms with Gasteiger partial charge < -0.3 is 10.5 Å². The molecule has 2 N–H and O–H groups in total. The first-order chi connectivity index (χ1) is 9.31. The summed E-state index contributed by atoms with van der Waals surface area (Å²) in [7, 11) is 1.45. The van der Waals surface area contributed by atoms with Crippen LogP contribution in [0.5, 0.6) is 5.75 Å². The zero-order valence-electron chi connectivity index (χ0n) is 11.0. The topological polar surface area (TPSA) is 48.1 Å². The van der Waals surface area contributed by atoms with Crippen molar-refractivity contribution in [3.63, 3.8) is 0 Å². The van der Waals surface area contributed by atoms with Gasteiger partial charge in [-0.1, -0.05) is 11.6 Å². The summed E-state index contributed by atoms with van der Waals surface area (Å²) >= 11 is 0. The average molecular weight is 282 g/mol. The fraction of sp³-hybridized carbons (Fsp3) is 0.214. The highest BCUT2D eigenvalue weighted by Gasteiger charge is 2.31. The Balaban J connectivity index is 2.64. The number of halogens is 3. The average Bonchev–Trinajstić information content (AvgIpc) is 2.37. The maximum atomic E-state index is 12.8. The Morgan fingerprint density at radius 2 is 1.85 bits per heavy atom. The predicted octanol–water partition coefficient (Wildman–Crippen LogP) is 3.67. The largest absolute Gasteiger partial charge is 0.496 e. The molecule has 2 rings (SSSR count). The number of nitrogens with two attached hydrogens (primary N) is 1. The maximum Gasteiger partial charge on any atom is 0.416 e. The van der Waals surface area contributed by atoms with Crippen molar-refractivity contribution in [1.82, 2.24) is 4.98 Å². The van der Waals surface area contributed by atoms with Crippen LogP contribution in [0.1, 0.15) is 11.1 Å². The van der Waals surface area contributed by atoms with Crippen molar-refractivity contribution in [2.45, 2.75) is 13.1 Å². The van der Waals surface area contributed by atoms with Crippen LogP contribution in [0.15, 0.2) is 30.3 Å². The molecule has 106 valence electrons. The van der Waals surface area contributed by atoms with Crippen LogP contribution in [0, 0.1) is 6.92 Å². The lowest BCUT2D eigenvalue weighted by Crippen LogP contribution is -2.07. The monoisotopic (exact) mass is 282 g/mol. The van der Waals surface area contributed by atoms with Gasteiger partial charge in [0.25, 0.3) is 0 Å². The molecular formula is C14H13F3N2O. The molecule has 0 aliphatic heterocycles. The molecule has 0 unspecified atom stereocenters. The Hall–Kier alpha value is -2.24. The van der Waals surface area contributed by atoms with Crippen LogP contribution in [0.25, 0.3) is 11.3 Å². The number of aryl methyl sites for hydroxylation is 1. The molecule has 0 spiro atoms. The second-order valence-electron chi connectivity index (χ2n) is 4.37. The Labute approximate surface area is 114 Å². The van der Waals surface area contributed by atoms with Crippen molar-refractivity contribution in [3.05, 3.63) is 41.5 Å². The maximum absolute atomic E-state index is 12.8. The van der Waals surface area contributed by atoms with Crippen molar-refractivity contribution >= 4 is 5.82 Å². The number of alkyl halides is 3. The van der Waals surface area contributed by atoms with Gasteiger partial charge in [-0.2, -0.15) is 13.2 Å². The van der Waals surface area contributed by atoms with Gasteiger partial charge in [0.2, 0.25) is 0 Å². The van der Waals surface area contributed by atoms with Crippen LogP contribution >= 0.6 is 0 Å². The van der Waals surface area contributed by atoms with Gasteiger partial charge in [-0.15, -0.1) is 0 Å². The van der Waals surface area contributed by atoms with E-state index in [9.17, 15) is 13.2 Å². The number of nitrogen functional groups attached to an aromatic ring is 1. The van der Waals surface area contributed by atoms with Crippen LogP contribution in [0.4, 0.5) is 19.0 Å². The first kappa shape index (κ1) is 14.2. The second-order valence-corrected chi connectivity index (χ2v) is 4.37. The SMILES string of the molecule is COc1ccc(C)cc1-c1cc(C(F)(F)F)cc(N)n1. The number of benzene rings is 1. The number of anilines is 1. The standard InChI is InChI=1S/C14H13F3N2O/c1-8-3-4-12(20-2)10(5-8)11-6-9(14(15,16)17)7-13(18)19-11/h3-7H,1-2H3,(H2,18,19). The summed E-state index contributed by atoms with van der Waals surface area (Å²) < 4.78 is 43.6. The van der Waals surface area contributed by atoms with E-state index in [4.69, 9.17) is 10.5 Å². The zero-order valence-corrected chi connectivity index (χ0v) is 11.0. The van der Waals surface area contributed by atoms with Crippen molar-refractivity contribution in [3.8, 4) is 17.0 Å². The summed E-state index contributed by atoms with van der Waals surface area (Å²) in [5.74, 6) is 0.264. The summed E-state index contributed by atoms with van der Waals surface area (Å²) in [6.45, 7) is 1.83. The molecule has 3 nitrogen and oxygen atoms in total. The molecule has 0 saturated carbocycles. The fourth-order valence-corrected chi connectivity index (χ4v) is 1.88. The molecule has 1 aromatic heterocycles. The van der Waals surface area contributed by atoms with E-state index in [1.807, 2.05) is 6.92 Å². The quantitative estimate of drug-likeness (QED) is 0.914. The minimum atomic E-state index is -4.47. The summed E-state index contributed by atoms with van der Waals surface area (Å²) in [5, 5.41) is 0. The lowest BCUT2D eigenvalue weighted by atomic mass is 10.0. The molecule has 0 atom stereocenters. The Morgan fingerprint density at radius 3 is 2.45 bits per heavy atom. The third-order valence-corrected chi connectivity index (χ3v) is 2.80. The van der Waals surface area contributed by atoms with Crippen LogP contribution in [-0.4, -0.2) is 12.1 Å². The summed E-state index contributed by atoms with van der Waals surface area (Å²) in [6.07, 6.45) is -4.47. The minimum absolute atomic E-state index is 0.137. The van der Waals surface area contributed by atoms with Gasteiger partial charge in [0.05, 0.1) is 18.4 Å². The van der Waals surface area contributed by atoms with Crippen LogP contribution in [0.2, 0.25) is 0 Å². The molecule has 0 fully saturated rings.